The van der Waals surface area contributed by atoms with Crippen LogP contribution >= 0.6 is 11.3 Å². The minimum Gasteiger partial charge on any atom is -0.480 e. The van der Waals surface area contributed by atoms with Crippen molar-refractivity contribution in [2.24, 2.45) is 0 Å². The van der Waals surface area contributed by atoms with Crippen molar-refractivity contribution in [3.05, 3.63) is 21.9 Å². The lowest BCUT2D eigenvalue weighted by atomic mass is 10.2. The van der Waals surface area contributed by atoms with Crippen molar-refractivity contribution in [2.75, 3.05) is 13.1 Å². The number of aryl methyl sites for hydroxylation is 1. The number of nitrogens with zero attached hydrogens (tertiary/aromatic N) is 1. The van der Waals surface area contributed by atoms with Gasteiger partial charge in [0.2, 0.25) is 0 Å². The molecule has 5 heteroatoms. The molecule has 1 aromatic rings. The van der Waals surface area contributed by atoms with Crippen molar-refractivity contribution < 1.29 is 14.7 Å². The van der Waals surface area contributed by atoms with Gasteiger partial charge in [0.15, 0.2) is 0 Å². The molecule has 0 aliphatic carbocycles. The van der Waals surface area contributed by atoms with Crippen LogP contribution in [0, 0.1) is 6.92 Å². The van der Waals surface area contributed by atoms with E-state index in [9.17, 15) is 9.59 Å². The molecule has 0 unspecified atom stereocenters. The Morgan fingerprint density at radius 3 is 2.53 bits per heavy atom. The number of likely N-dealkylation sites (N-methyl/N-ethyl adjacent to an activating group) is 1. The summed E-state index contributed by atoms with van der Waals surface area (Å²) in [6.07, 6.45) is 0. The number of carboxylic acids is 1. The molecular formula is C10H13NO3S. The highest BCUT2D eigenvalue weighted by Crippen LogP contribution is 2.15. The highest BCUT2D eigenvalue weighted by molar-refractivity contribution is 7.08. The minimum absolute atomic E-state index is 0.210. The normalized spacial score (nSPS) is 10.0. The summed E-state index contributed by atoms with van der Waals surface area (Å²) < 4.78 is 0. The number of rotatable bonds is 4. The zero-order valence-electron chi connectivity index (χ0n) is 8.69. The fourth-order valence-electron chi connectivity index (χ4n) is 1.24. The first-order chi connectivity index (χ1) is 7.06. The number of carbonyl (C=O) groups is 2. The van der Waals surface area contributed by atoms with E-state index in [0.717, 1.165) is 5.56 Å². The average Bonchev–Trinajstić information content (AvgIpc) is 2.59. The topological polar surface area (TPSA) is 57.6 Å². The molecule has 1 N–H and O–H groups in total. The van der Waals surface area contributed by atoms with Crippen LogP contribution in [0.2, 0.25) is 0 Å². The van der Waals surface area contributed by atoms with E-state index < -0.39 is 5.97 Å². The Bertz CT molecular complexity index is 372. The smallest absolute Gasteiger partial charge is 0.323 e. The molecule has 82 valence electrons. The molecule has 4 nitrogen and oxygen atoms in total. The van der Waals surface area contributed by atoms with Gasteiger partial charge in [0, 0.05) is 11.9 Å². The van der Waals surface area contributed by atoms with Gasteiger partial charge in [-0.05, 0) is 24.8 Å². The van der Waals surface area contributed by atoms with E-state index in [1.165, 1.54) is 16.2 Å². The van der Waals surface area contributed by atoms with Crippen LogP contribution in [0.25, 0.3) is 0 Å². The van der Waals surface area contributed by atoms with Crippen LogP contribution in [0.5, 0.6) is 0 Å². The molecular weight excluding hydrogens is 214 g/mol. The largest absolute Gasteiger partial charge is 0.480 e. The van der Waals surface area contributed by atoms with Gasteiger partial charge in [-0.2, -0.15) is 11.3 Å². The quantitative estimate of drug-likeness (QED) is 0.850. The first-order valence-corrected chi connectivity index (χ1v) is 5.54. The molecule has 1 rings (SSSR count). The lowest BCUT2D eigenvalue weighted by Gasteiger charge is -2.18. The van der Waals surface area contributed by atoms with Crippen LogP contribution in [0.4, 0.5) is 0 Å². The van der Waals surface area contributed by atoms with Crippen molar-refractivity contribution >= 4 is 23.2 Å². The molecule has 0 aliphatic heterocycles. The van der Waals surface area contributed by atoms with Crippen molar-refractivity contribution in [2.45, 2.75) is 13.8 Å². The zero-order chi connectivity index (χ0) is 11.4. The van der Waals surface area contributed by atoms with E-state index in [-0.39, 0.29) is 12.5 Å². The van der Waals surface area contributed by atoms with Gasteiger partial charge in [0.1, 0.15) is 6.54 Å². The van der Waals surface area contributed by atoms with Crippen LogP contribution in [-0.2, 0) is 4.79 Å². The fourth-order valence-corrected chi connectivity index (χ4v) is 2.06. The van der Waals surface area contributed by atoms with Crippen LogP contribution in [0.15, 0.2) is 10.8 Å². The molecule has 0 radical (unpaired) electrons. The van der Waals surface area contributed by atoms with E-state index in [4.69, 9.17) is 5.11 Å². The molecule has 0 saturated heterocycles. The van der Waals surface area contributed by atoms with Gasteiger partial charge in [-0.15, -0.1) is 0 Å². The molecule has 15 heavy (non-hydrogen) atoms. The molecule has 0 bridgehead atoms. The number of hydrogen-bond donors (Lipinski definition) is 1. The molecule has 1 heterocycles. The number of carbonyl (C=O) groups excluding carboxylic acids is 1. The van der Waals surface area contributed by atoms with Gasteiger partial charge in [0.05, 0.1) is 5.56 Å². The highest BCUT2D eigenvalue weighted by Gasteiger charge is 2.18. The summed E-state index contributed by atoms with van der Waals surface area (Å²) in [6, 6.07) is 0. The maximum absolute atomic E-state index is 11.9. The Balaban J connectivity index is 2.82. The lowest BCUT2D eigenvalue weighted by Crippen LogP contribution is -2.35. The molecule has 0 saturated carbocycles. The maximum Gasteiger partial charge on any atom is 0.323 e. The number of thiophene rings is 1. The summed E-state index contributed by atoms with van der Waals surface area (Å²) in [7, 11) is 0. The van der Waals surface area contributed by atoms with Crippen LogP contribution in [0.3, 0.4) is 0 Å². The second kappa shape index (κ2) is 4.93. The maximum atomic E-state index is 11.9. The monoisotopic (exact) mass is 227 g/mol. The van der Waals surface area contributed by atoms with Crippen LogP contribution < -0.4 is 0 Å². The Morgan fingerprint density at radius 2 is 2.13 bits per heavy atom. The number of hydrogen-bond acceptors (Lipinski definition) is 3. The third-order valence-corrected chi connectivity index (χ3v) is 2.94. The Kier molecular flexibility index (Phi) is 3.85. The van der Waals surface area contributed by atoms with Crippen molar-refractivity contribution in [1.29, 1.82) is 0 Å². The Labute approximate surface area is 92.1 Å². The third-order valence-electron chi connectivity index (χ3n) is 2.08. The second-order valence-corrected chi connectivity index (χ2v) is 3.93. The van der Waals surface area contributed by atoms with E-state index in [1.54, 1.807) is 12.3 Å². The van der Waals surface area contributed by atoms with Gasteiger partial charge in [-0.3, -0.25) is 9.59 Å². The van der Waals surface area contributed by atoms with Gasteiger partial charge < -0.3 is 10.0 Å². The standard InChI is InChI=1S/C10H13NO3S/c1-3-11(4-9(12)13)10(14)8-6-15-5-7(8)2/h5-6H,3-4H2,1-2H3,(H,12,13). The SMILES string of the molecule is CCN(CC(=O)O)C(=O)c1cscc1C. The van der Waals surface area contributed by atoms with Crippen molar-refractivity contribution in [1.82, 2.24) is 4.90 Å². The molecule has 1 amide bonds. The average molecular weight is 227 g/mol. The zero-order valence-corrected chi connectivity index (χ0v) is 9.50. The first kappa shape index (κ1) is 11.7. The summed E-state index contributed by atoms with van der Waals surface area (Å²) in [6.45, 7) is 3.77. The fraction of sp³-hybridized carbons (Fsp3) is 0.400. The van der Waals surface area contributed by atoms with E-state index >= 15 is 0 Å². The van der Waals surface area contributed by atoms with Crippen molar-refractivity contribution in [3.8, 4) is 0 Å². The highest BCUT2D eigenvalue weighted by atomic mass is 32.1. The number of carboxylic acid groups (broad SMARTS) is 1. The molecule has 0 aliphatic rings. The Morgan fingerprint density at radius 1 is 1.47 bits per heavy atom. The summed E-state index contributed by atoms with van der Waals surface area (Å²) in [4.78, 5) is 23.7. The summed E-state index contributed by atoms with van der Waals surface area (Å²) in [5, 5.41) is 12.3. The first-order valence-electron chi connectivity index (χ1n) is 4.60. The molecule has 0 spiro atoms. The van der Waals surface area contributed by atoms with E-state index in [1.807, 2.05) is 12.3 Å². The Hall–Kier alpha value is -1.36. The molecule has 0 aromatic carbocycles. The minimum atomic E-state index is -0.988. The van der Waals surface area contributed by atoms with Gasteiger partial charge in [0.25, 0.3) is 5.91 Å². The van der Waals surface area contributed by atoms with Gasteiger partial charge in [-0.25, -0.2) is 0 Å². The number of amides is 1. The van der Waals surface area contributed by atoms with E-state index in [2.05, 4.69) is 0 Å². The van der Waals surface area contributed by atoms with Gasteiger partial charge in [-0.1, -0.05) is 0 Å². The molecule has 0 fully saturated rings. The summed E-state index contributed by atoms with van der Waals surface area (Å²) >= 11 is 1.45. The lowest BCUT2D eigenvalue weighted by molar-refractivity contribution is -0.137. The number of aliphatic carboxylic acids is 1. The molecule has 1 aromatic heterocycles. The van der Waals surface area contributed by atoms with Crippen LogP contribution in [-0.4, -0.2) is 35.0 Å². The van der Waals surface area contributed by atoms with E-state index in [0.29, 0.717) is 12.1 Å². The third kappa shape index (κ3) is 2.79. The predicted molar refractivity (Wildman–Crippen MR) is 58.3 cm³/mol. The second-order valence-electron chi connectivity index (χ2n) is 3.18. The van der Waals surface area contributed by atoms with Crippen molar-refractivity contribution in [3.63, 3.8) is 0 Å². The van der Waals surface area contributed by atoms with Crippen LogP contribution in [0.1, 0.15) is 22.8 Å². The summed E-state index contributed by atoms with van der Waals surface area (Å²) in [5.74, 6) is -1.20. The summed E-state index contributed by atoms with van der Waals surface area (Å²) in [5.41, 5.74) is 1.50. The van der Waals surface area contributed by atoms with Gasteiger partial charge >= 0.3 is 5.97 Å². The molecule has 0 atom stereocenters. The predicted octanol–water partition coefficient (Wildman–Crippen LogP) is 1.60.